The molecule has 1 aliphatic heterocycles. The molecule has 202 valence electrons. The van der Waals surface area contributed by atoms with Gasteiger partial charge in [0, 0.05) is 63.1 Å². The molecular weight excluding hydrogens is 481 g/mol. The van der Waals surface area contributed by atoms with Crippen LogP contribution >= 0.6 is 0 Å². The van der Waals surface area contributed by atoms with Crippen molar-refractivity contribution in [2.45, 2.75) is 38.1 Å². The first kappa shape index (κ1) is 27.6. The van der Waals surface area contributed by atoms with Crippen LogP contribution in [0.15, 0.2) is 48.5 Å². The normalized spacial score (nSPS) is 16.4. The van der Waals surface area contributed by atoms with Crippen molar-refractivity contribution >= 4 is 11.5 Å². The summed E-state index contributed by atoms with van der Waals surface area (Å²) < 4.78 is 16.0. The zero-order chi connectivity index (χ0) is 26.9. The number of aliphatic hydroxyl groups is 1. The van der Waals surface area contributed by atoms with Crippen molar-refractivity contribution in [3.8, 4) is 23.0 Å². The second-order valence-corrected chi connectivity index (χ2v) is 9.85. The summed E-state index contributed by atoms with van der Waals surface area (Å²) in [6.07, 6.45) is 6.66. The maximum absolute atomic E-state index is 14.3. The Morgan fingerprint density at radius 1 is 1.05 bits per heavy atom. The maximum atomic E-state index is 14.3. The number of benzene rings is 2. The molecule has 1 saturated carbocycles. The molecule has 0 amide bonds. The summed E-state index contributed by atoms with van der Waals surface area (Å²) >= 11 is 0. The van der Waals surface area contributed by atoms with Crippen LogP contribution in [0.2, 0.25) is 0 Å². The minimum atomic E-state index is -0.548. The van der Waals surface area contributed by atoms with Gasteiger partial charge >= 0.3 is 0 Å². The number of hydrogen-bond donors (Lipinski definition) is 3. The van der Waals surface area contributed by atoms with Gasteiger partial charge in [-0.05, 0) is 43.2 Å². The smallest absolute Gasteiger partial charge is 0.148 e. The van der Waals surface area contributed by atoms with E-state index in [4.69, 9.17) is 16.1 Å². The van der Waals surface area contributed by atoms with Gasteiger partial charge in [0.1, 0.15) is 17.7 Å². The minimum absolute atomic E-state index is 0.0194. The summed E-state index contributed by atoms with van der Waals surface area (Å²) in [5, 5.41) is 25.8. The Bertz CT molecular complexity index is 1220. The summed E-state index contributed by atoms with van der Waals surface area (Å²) in [7, 11) is 1.79. The van der Waals surface area contributed by atoms with Gasteiger partial charge in [0.2, 0.25) is 0 Å². The van der Waals surface area contributed by atoms with Gasteiger partial charge in [0.25, 0.3) is 0 Å². The fourth-order valence-electron chi connectivity index (χ4n) is 5.00. The van der Waals surface area contributed by atoms with Crippen LogP contribution in [0, 0.1) is 17.1 Å². The molecule has 2 fully saturated rings. The van der Waals surface area contributed by atoms with Crippen molar-refractivity contribution in [3.05, 3.63) is 59.9 Å². The van der Waals surface area contributed by atoms with Gasteiger partial charge in [-0.25, -0.2) is 9.07 Å². The SMILES string of the molecule is CNc1cc(-c2ccc(C#N)c(F)c2)n(-c2cccc(N3CCN(CCO)CC3)c2)n1.NC1CCCCC1. The van der Waals surface area contributed by atoms with Crippen molar-refractivity contribution in [1.82, 2.24) is 14.7 Å². The third kappa shape index (κ3) is 6.90. The Kier molecular flexibility index (Phi) is 9.71. The number of nitrogens with one attached hydrogen (secondary N) is 1. The lowest BCUT2D eigenvalue weighted by Gasteiger charge is -2.36. The summed E-state index contributed by atoms with van der Waals surface area (Å²) in [5.74, 6) is 0.121. The Balaban J connectivity index is 0.000000417. The first-order valence-electron chi connectivity index (χ1n) is 13.4. The van der Waals surface area contributed by atoms with Gasteiger partial charge in [0.15, 0.2) is 0 Å². The number of nitriles is 1. The van der Waals surface area contributed by atoms with Crippen molar-refractivity contribution in [1.29, 1.82) is 5.26 Å². The van der Waals surface area contributed by atoms with E-state index in [1.165, 1.54) is 44.2 Å². The Labute approximate surface area is 224 Å². The van der Waals surface area contributed by atoms with Crippen molar-refractivity contribution in [2.75, 3.05) is 56.6 Å². The van der Waals surface area contributed by atoms with E-state index in [9.17, 15) is 4.39 Å². The largest absolute Gasteiger partial charge is 0.395 e. The molecule has 2 heterocycles. The number of aromatic nitrogens is 2. The summed E-state index contributed by atoms with van der Waals surface area (Å²) in [5.41, 5.74) is 9.00. The molecule has 0 unspecified atom stereocenters. The van der Waals surface area contributed by atoms with E-state index in [1.807, 2.05) is 24.3 Å². The van der Waals surface area contributed by atoms with Crippen LogP contribution in [0.1, 0.15) is 37.7 Å². The van der Waals surface area contributed by atoms with Crippen molar-refractivity contribution in [3.63, 3.8) is 0 Å². The molecule has 4 N–H and O–H groups in total. The zero-order valence-corrected chi connectivity index (χ0v) is 22.1. The Morgan fingerprint density at radius 3 is 2.39 bits per heavy atom. The molecule has 38 heavy (non-hydrogen) atoms. The fourth-order valence-corrected chi connectivity index (χ4v) is 5.00. The van der Waals surface area contributed by atoms with Gasteiger partial charge in [-0.1, -0.05) is 31.4 Å². The number of aliphatic hydroxyl groups excluding tert-OH is 1. The highest BCUT2D eigenvalue weighted by molar-refractivity contribution is 5.68. The maximum Gasteiger partial charge on any atom is 0.148 e. The highest BCUT2D eigenvalue weighted by Crippen LogP contribution is 2.29. The highest BCUT2D eigenvalue weighted by atomic mass is 19.1. The molecule has 8 nitrogen and oxygen atoms in total. The predicted octanol–water partition coefficient (Wildman–Crippen LogP) is 3.98. The summed E-state index contributed by atoms with van der Waals surface area (Å²) in [6.45, 7) is 4.48. The van der Waals surface area contributed by atoms with Crippen LogP contribution in [0.5, 0.6) is 0 Å². The molecule has 2 aromatic carbocycles. The van der Waals surface area contributed by atoms with E-state index in [0.717, 1.165) is 43.2 Å². The van der Waals surface area contributed by atoms with Crippen LogP contribution in [0.4, 0.5) is 15.9 Å². The van der Waals surface area contributed by atoms with E-state index in [0.29, 0.717) is 24.0 Å². The second kappa shape index (κ2) is 13.4. The van der Waals surface area contributed by atoms with Crippen LogP contribution < -0.4 is 16.0 Å². The molecule has 3 aromatic rings. The molecule has 2 aliphatic rings. The molecule has 1 saturated heterocycles. The van der Waals surface area contributed by atoms with E-state index in [2.05, 4.69) is 32.3 Å². The number of β-amino-alcohol motifs (C(OH)–C–C–N with tert-alkyl or cyclic N) is 1. The van der Waals surface area contributed by atoms with E-state index in [-0.39, 0.29) is 12.2 Å². The minimum Gasteiger partial charge on any atom is -0.395 e. The third-order valence-corrected chi connectivity index (χ3v) is 7.23. The van der Waals surface area contributed by atoms with Crippen LogP contribution in [-0.2, 0) is 0 Å². The number of nitrogens with zero attached hydrogens (tertiary/aromatic N) is 5. The van der Waals surface area contributed by atoms with E-state index >= 15 is 0 Å². The number of rotatable bonds is 6. The first-order chi connectivity index (χ1) is 18.5. The lowest BCUT2D eigenvalue weighted by Crippen LogP contribution is -2.47. The Morgan fingerprint density at radius 2 is 1.79 bits per heavy atom. The summed E-state index contributed by atoms with van der Waals surface area (Å²) in [4.78, 5) is 4.57. The van der Waals surface area contributed by atoms with Crippen molar-refractivity contribution < 1.29 is 9.50 Å². The number of anilines is 2. The average molecular weight is 520 g/mol. The molecule has 1 aromatic heterocycles. The second-order valence-electron chi connectivity index (χ2n) is 9.85. The zero-order valence-electron chi connectivity index (χ0n) is 22.1. The molecule has 0 atom stereocenters. The number of piperazine rings is 1. The third-order valence-electron chi connectivity index (χ3n) is 7.23. The van der Waals surface area contributed by atoms with Crippen LogP contribution in [0.3, 0.4) is 0 Å². The predicted molar refractivity (Wildman–Crippen MR) is 150 cm³/mol. The van der Waals surface area contributed by atoms with Crippen LogP contribution in [0.25, 0.3) is 16.9 Å². The molecule has 9 heteroatoms. The molecule has 5 rings (SSSR count). The fraction of sp³-hybridized carbons (Fsp3) is 0.448. The number of hydrogen-bond acceptors (Lipinski definition) is 7. The lowest BCUT2D eigenvalue weighted by atomic mass is 9.97. The van der Waals surface area contributed by atoms with Gasteiger partial charge in [-0.2, -0.15) is 5.26 Å². The molecule has 0 radical (unpaired) electrons. The standard InChI is InChI=1S/C23H25FN6O.C6H13N/c1-26-23-15-22(17-5-6-18(16-25)21(24)13-17)30(27-23)20-4-2-3-19(14-20)29-9-7-28(8-10-29)11-12-31;7-6-4-2-1-3-5-6/h2-6,13-15,31H,7-12H2,1H3,(H,26,27);6H,1-5,7H2. The molecule has 0 spiro atoms. The molecule has 1 aliphatic carbocycles. The van der Waals surface area contributed by atoms with Crippen LogP contribution in [-0.4, -0.2) is 72.2 Å². The number of halogens is 1. The van der Waals surface area contributed by atoms with E-state index < -0.39 is 5.82 Å². The van der Waals surface area contributed by atoms with Gasteiger partial charge < -0.3 is 21.1 Å². The lowest BCUT2D eigenvalue weighted by molar-refractivity contribution is 0.189. The molecular formula is C29H38FN7O. The first-order valence-corrected chi connectivity index (χ1v) is 13.4. The van der Waals surface area contributed by atoms with E-state index in [1.54, 1.807) is 17.8 Å². The van der Waals surface area contributed by atoms with Crippen molar-refractivity contribution in [2.24, 2.45) is 5.73 Å². The Hall–Kier alpha value is -3.45. The topological polar surface area (TPSA) is 106 Å². The monoisotopic (exact) mass is 519 g/mol. The van der Waals surface area contributed by atoms with Gasteiger partial charge in [-0.15, -0.1) is 5.10 Å². The molecule has 0 bridgehead atoms. The average Bonchev–Trinajstić information content (AvgIpc) is 3.39. The number of nitrogens with two attached hydrogens (primary N) is 1. The summed E-state index contributed by atoms with van der Waals surface area (Å²) in [6, 6.07) is 17.0. The quantitative estimate of drug-likeness (QED) is 0.452. The van der Waals surface area contributed by atoms with Gasteiger partial charge in [-0.3, -0.25) is 4.90 Å². The van der Waals surface area contributed by atoms with Gasteiger partial charge in [0.05, 0.1) is 23.6 Å². The highest BCUT2D eigenvalue weighted by Gasteiger charge is 2.18.